The quantitative estimate of drug-likeness (QED) is 0.748. The number of nitrogens with two attached hydrogens (primary N) is 1. The van der Waals surface area contributed by atoms with Gasteiger partial charge >= 0.3 is 0 Å². The number of primary amides is 1. The smallest absolute Gasteiger partial charge is 0.236 e. The van der Waals surface area contributed by atoms with Crippen LogP contribution in [0.2, 0.25) is 0 Å². The molecule has 0 aliphatic heterocycles. The zero-order chi connectivity index (χ0) is 13.5. The van der Waals surface area contributed by atoms with Crippen LogP contribution in [0.25, 0.3) is 0 Å². The van der Waals surface area contributed by atoms with E-state index in [-0.39, 0.29) is 12.5 Å². The van der Waals surface area contributed by atoms with E-state index in [0.29, 0.717) is 0 Å². The van der Waals surface area contributed by atoms with Crippen LogP contribution < -0.4 is 16.0 Å². The summed E-state index contributed by atoms with van der Waals surface area (Å²) < 4.78 is 0. The summed E-state index contributed by atoms with van der Waals surface area (Å²) in [7, 11) is 1.80. The Morgan fingerprint density at radius 1 is 1.44 bits per heavy atom. The third-order valence-corrected chi connectivity index (χ3v) is 2.57. The van der Waals surface area contributed by atoms with Crippen LogP contribution in [-0.2, 0) is 11.2 Å². The molecule has 1 aromatic rings. The number of anilines is 2. The highest BCUT2D eigenvalue weighted by Crippen LogP contribution is 2.22. The van der Waals surface area contributed by atoms with Crippen molar-refractivity contribution < 1.29 is 4.79 Å². The molecule has 0 unspecified atom stereocenters. The highest BCUT2D eigenvalue weighted by atomic mass is 16.1. The van der Waals surface area contributed by atoms with Crippen molar-refractivity contribution >= 4 is 17.5 Å². The molecule has 0 radical (unpaired) electrons. The maximum atomic E-state index is 11.0. The Kier molecular flexibility index (Phi) is 5.35. The van der Waals surface area contributed by atoms with Gasteiger partial charge in [-0.25, -0.2) is 9.97 Å². The Morgan fingerprint density at radius 3 is 2.72 bits per heavy atom. The van der Waals surface area contributed by atoms with E-state index < -0.39 is 0 Å². The largest absolute Gasteiger partial charge is 0.370 e. The monoisotopic (exact) mass is 251 g/mol. The lowest BCUT2D eigenvalue weighted by molar-refractivity contribution is -0.116. The summed E-state index contributed by atoms with van der Waals surface area (Å²) >= 11 is 0. The van der Waals surface area contributed by atoms with Gasteiger partial charge in [-0.1, -0.05) is 13.8 Å². The van der Waals surface area contributed by atoms with Crippen LogP contribution in [0.1, 0.15) is 25.8 Å². The number of aromatic nitrogens is 2. The summed E-state index contributed by atoms with van der Waals surface area (Å²) in [6.07, 6.45) is 3.33. The lowest BCUT2D eigenvalue weighted by Gasteiger charge is -2.20. The summed E-state index contributed by atoms with van der Waals surface area (Å²) in [5, 5.41) is 3.27. The molecule has 0 saturated heterocycles. The van der Waals surface area contributed by atoms with Gasteiger partial charge in [0.2, 0.25) is 5.91 Å². The minimum absolute atomic E-state index is 0.150. The summed E-state index contributed by atoms with van der Waals surface area (Å²) in [4.78, 5) is 21.2. The molecule has 6 nitrogen and oxygen atoms in total. The number of likely N-dealkylation sites (N-methyl/N-ethyl adjacent to an activating group) is 1. The van der Waals surface area contributed by atoms with E-state index in [1.165, 1.54) is 6.33 Å². The fourth-order valence-electron chi connectivity index (χ4n) is 1.76. The molecule has 0 saturated carbocycles. The fraction of sp³-hybridized carbons (Fsp3) is 0.583. The van der Waals surface area contributed by atoms with Crippen molar-refractivity contribution in [2.75, 3.05) is 30.4 Å². The Bertz CT molecular complexity index is 407. The summed E-state index contributed by atoms with van der Waals surface area (Å²) in [6, 6.07) is 0. The topological polar surface area (TPSA) is 84.1 Å². The van der Waals surface area contributed by atoms with E-state index in [1.54, 1.807) is 11.9 Å². The third-order valence-electron chi connectivity index (χ3n) is 2.57. The minimum Gasteiger partial charge on any atom is -0.370 e. The average Bonchev–Trinajstić information content (AvgIpc) is 2.34. The SMILES string of the molecule is CCCNc1ncnc(N(C)CC(N)=O)c1CC. The zero-order valence-electron chi connectivity index (χ0n) is 11.2. The third kappa shape index (κ3) is 3.58. The Hall–Kier alpha value is -1.85. The van der Waals surface area contributed by atoms with Gasteiger partial charge in [-0.3, -0.25) is 4.79 Å². The lowest BCUT2D eigenvalue weighted by atomic mass is 10.2. The molecule has 0 atom stereocenters. The number of carbonyl (C=O) groups is 1. The molecule has 0 spiro atoms. The lowest BCUT2D eigenvalue weighted by Crippen LogP contribution is -2.32. The van der Waals surface area contributed by atoms with Crippen LogP contribution in [0.3, 0.4) is 0 Å². The first-order valence-electron chi connectivity index (χ1n) is 6.17. The van der Waals surface area contributed by atoms with Crippen molar-refractivity contribution in [3.8, 4) is 0 Å². The first-order valence-corrected chi connectivity index (χ1v) is 6.17. The number of nitrogens with zero attached hydrogens (tertiary/aromatic N) is 3. The highest BCUT2D eigenvalue weighted by molar-refractivity contribution is 5.79. The molecule has 0 aliphatic rings. The number of amides is 1. The highest BCUT2D eigenvalue weighted by Gasteiger charge is 2.14. The second-order valence-corrected chi connectivity index (χ2v) is 4.13. The van der Waals surface area contributed by atoms with E-state index >= 15 is 0 Å². The van der Waals surface area contributed by atoms with Gasteiger partial charge in [0.1, 0.15) is 18.0 Å². The van der Waals surface area contributed by atoms with Crippen molar-refractivity contribution in [2.45, 2.75) is 26.7 Å². The Morgan fingerprint density at radius 2 is 2.17 bits per heavy atom. The van der Waals surface area contributed by atoms with E-state index in [0.717, 1.165) is 36.6 Å². The second-order valence-electron chi connectivity index (χ2n) is 4.13. The summed E-state index contributed by atoms with van der Waals surface area (Å²) in [5.41, 5.74) is 6.21. The van der Waals surface area contributed by atoms with Gasteiger partial charge in [0.05, 0.1) is 6.54 Å². The van der Waals surface area contributed by atoms with Gasteiger partial charge in [-0.05, 0) is 12.8 Å². The van der Waals surface area contributed by atoms with Crippen LogP contribution in [0.15, 0.2) is 6.33 Å². The number of carbonyl (C=O) groups excluding carboxylic acids is 1. The molecule has 1 rings (SSSR count). The molecule has 1 amide bonds. The number of rotatable bonds is 7. The summed E-state index contributed by atoms with van der Waals surface area (Å²) in [6.45, 7) is 5.15. The number of hydrogen-bond donors (Lipinski definition) is 2. The first-order chi connectivity index (χ1) is 8.60. The van der Waals surface area contributed by atoms with E-state index in [2.05, 4.69) is 22.2 Å². The Labute approximate surface area is 108 Å². The molecule has 6 heteroatoms. The second kappa shape index (κ2) is 6.78. The van der Waals surface area contributed by atoms with Crippen LogP contribution in [0.5, 0.6) is 0 Å². The molecule has 1 heterocycles. The van der Waals surface area contributed by atoms with E-state index in [9.17, 15) is 4.79 Å². The van der Waals surface area contributed by atoms with E-state index in [4.69, 9.17) is 5.73 Å². The van der Waals surface area contributed by atoms with Crippen LogP contribution in [0, 0.1) is 0 Å². The van der Waals surface area contributed by atoms with Crippen LogP contribution >= 0.6 is 0 Å². The number of nitrogens with one attached hydrogen (secondary N) is 1. The van der Waals surface area contributed by atoms with Gasteiger partial charge in [0.25, 0.3) is 0 Å². The minimum atomic E-state index is -0.374. The van der Waals surface area contributed by atoms with Gasteiger partial charge < -0.3 is 16.0 Å². The maximum absolute atomic E-state index is 11.0. The molecule has 100 valence electrons. The first kappa shape index (κ1) is 14.2. The van der Waals surface area contributed by atoms with Crippen molar-refractivity contribution in [3.05, 3.63) is 11.9 Å². The van der Waals surface area contributed by atoms with Crippen molar-refractivity contribution in [3.63, 3.8) is 0 Å². The van der Waals surface area contributed by atoms with Gasteiger partial charge in [0, 0.05) is 19.2 Å². The van der Waals surface area contributed by atoms with Crippen molar-refractivity contribution in [1.82, 2.24) is 9.97 Å². The Balaban J connectivity index is 2.99. The maximum Gasteiger partial charge on any atom is 0.236 e. The predicted molar refractivity (Wildman–Crippen MR) is 72.7 cm³/mol. The standard InChI is InChI=1S/C12H21N5O/c1-4-6-14-11-9(5-2)12(16-8-15-11)17(3)7-10(13)18/h8H,4-7H2,1-3H3,(H2,13,18)(H,14,15,16). The number of hydrogen-bond acceptors (Lipinski definition) is 5. The summed E-state index contributed by atoms with van der Waals surface area (Å²) in [5.74, 6) is 1.21. The average molecular weight is 251 g/mol. The fourth-order valence-corrected chi connectivity index (χ4v) is 1.76. The molecule has 0 aromatic carbocycles. The van der Waals surface area contributed by atoms with Gasteiger partial charge in [0.15, 0.2) is 0 Å². The molecular weight excluding hydrogens is 230 g/mol. The molecule has 0 aliphatic carbocycles. The van der Waals surface area contributed by atoms with Gasteiger partial charge in [-0.15, -0.1) is 0 Å². The van der Waals surface area contributed by atoms with Gasteiger partial charge in [-0.2, -0.15) is 0 Å². The van der Waals surface area contributed by atoms with Crippen LogP contribution in [0.4, 0.5) is 11.6 Å². The predicted octanol–water partition coefficient (Wildman–Crippen LogP) is 0.782. The molecule has 3 N–H and O–H groups in total. The molecule has 1 aromatic heterocycles. The van der Waals surface area contributed by atoms with Crippen molar-refractivity contribution in [2.24, 2.45) is 5.73 Å². The van der Waals surface area contributed by atoms with E-state index in [1.807, 2.05) is 6.92 Å². The van der Waals surface area contributed by atoms with Crippen LogP contribution in [-0.4, -0.2) is 36.0 Å². The molecule has 0 fully saturated rings. The molecular formula is C12H21N5O. The zero-order valence-corrected chi connectivity index (χ0v) is 11.2. The van der Waals surface area contributed by atoms with Crippen molar-refractivity contribution in [1.29, 1.82) is 0 Å². The normalized spacial score (nSPS) is 10.2. The molecule has 18 heavy (non-hydrogen) atoms. The molecule has 0 bridgehead atoms.